The van der Waals surface area contributed by atoms with Crippen molar-refractivity contribution in [3.8, 4) is 0 Å². The van der Waals surface area contributed by atoms with E-state index < -0.39 is 41.1 Å². The van der Waals surface area contributed by atoms with Gasteiger partial charge in [-0.2, -0.15) is 0 Å². The third-order valence-corrected chi connectivity index (χ3v) is 4.42. The Morgan fingerprint density at radius 1 is 1.13 bits per heavy atom. The Morgan fingerprint density at radius 2 is 1.87 bits per heavy atom. The minimum atomic E-state index is -0.839. The second-order valence-corrected chi connectivity index (χ2v) is 6.68. The lowest BCUT2D eigenvalue weighted by molar-refractivity contribution is -0.384. The normalized spacial score (nSPS) is 15.3. The van der Waals surface area contributed by atoms with Crippen molar-refractivity contribution in [1.82, 2.24) is 10.4 Å². The van der Waals surface area contributed by atoms with E-state index in [2.05, 4.69) is 10.7 Å². The van der Waals surface area contributed by atoms with Gasteiger partial charge in [-0.3, -0.25) is 39.7 Å². The van der Waals surface area contributed by atoms with E-state index in [9.17, 15) is 29.3 Å². The number of hydrazine groups is 1. The Kier molecular flexibility index (Phi) is 6.55. The van der Waals surface area contributed by atoms with Gasteiger partial charge in [0.05, 0.1) is 17.4 Å². The summed E-state index contributed by atoms with van der Waals surface area (Å²) in [5.74, 6) is -3.23. The first-order chi connectivity index (χ1) is 14.8. The molecule has 160 valence electrons. The SMILES string of the molecule is O=C(COC(=O)[C@@H]1CC(=O)N(NC(=O)c2ccccc2)C1)Nc1cccc([N+](=O)[O-])c1. The van der Waals surface area contributed by atoms with Crippen LogP contribution in [-0.2, 0) is 19.1 Å². The van der Waals surface area contributed by atoms with Gasteiger partial charge in [0.2, 0.25) is 5.91 Å². The first kappa shape index (κ1) is 21.4. The second kappa shape index (κ2) is 9.48. The predicted molar refractivity (Wildman–Crippen MR) is 106 cm³/mol. The monoisotopic (exact) mass is 426 g/mol. The van der Waals surface area contributed by atoms with E-state index in [4.69, 9.17) is 4.74 Å². The summed E-state index contributed by atoms with van der Waals surface area (Å²) in [5, 5.41) is 14.2. The lowest BCUT2D eigenvalue weighted by Gasteiger charge is -2.17. The number of rotatable bonds is 7. The number of ether oxygens (including phenoxy) is 1. The molecule has 1 heterocycles. The van der Waals surface area contributed by atoms with Crippen molar-refractivity contribution in [1.29, 1.82) is 0 Å². The van der Waals surface area contributed by atoms with Crippen molar-refractivity contribution in [2.75, 3.05) is 18.5 Å². The molecule has 0 aromatic heterocycles. The van der Waals surface area contributed by atoms with E-state index >= 15 is 0 Å². The summed E-state index contributed by atoms with van der Waals surface area (Å²) in [5.41, 5.74) is 2.79. The number of nitro groups is 1. The number of hydrogen-bond donors (Lipinski definition) is 2. The third-order valence-electron chi connectivity index (χ3n) is 4.42. The molecule has 31 heavy (non-hydrogen) atoms. The fourth-order valence-corrected chi connectivity index (χ4v) is 2.90. The summed E-state index contributed by atoms with van der Waals surface area (Å²) >= 11 is 0. The molecule has 0 spiro atoms. The van der Waals surface area contributed by atoms with Gasteiger partial charge < -0.3 is 10.1 Å². The maximum atomic E-state index is 12.2. The van der Waals surface area contributed by atoms with E-state index in [0.29, 0.717) is 5.56 Å². The van der Waals surface area contributed by atoms with E-state index in [1.807, 2.05) is 0 Å². The van der Waals surface area contributed by atoms with Crippen LogP contribution < -0.4 is 10.7 Å². The quantitative estimate of drug-likeness (QED) is 0.385. The Morgan fingerprint density at radius 3 is 2.58 bits per heavy atom. The summed E-state index contributed by atoms with van der Waals surface area (Å²) in [6, 6.07) is 13.6. The fraction of sp³-hybridized carbons (Fsp3) is 0.200. The molecule has 11 nitrogen and oxygen atoms in total. The first-order valence-electron chi connectivity index (χ1n) is 9.21. The van der Waals surface area contributed by atoms with Gasteiger partial charge in [-0.05, 0) is 18.2 Å². The van der Waals surface area contributed by atoms with E-state index in [0.717, 1.165) is 5.01 Å². The number of nitrogens with zero attached hydrogens (tertiary/aromatic N) is 2. The van der Waals surface area contributed by atoms with E-state index in [1.165, 1.54) is 24.3 Å². The smallest absolute Gasteiger partial charge is 0.311 e. The van der Waals surface area contributed by atoms with Gasteiger partial charge in [0.25, 0.3) is 17.5 Å². The number of carbonyl (C=O) groups excluding carboxylic acids is 4. The summed E-state index contributed by atoms with van der Waals surface area (Å²) in [6.45, 7) is -0.703. The highest BCUT2D eigenvalue weighted by Gasteiger charge is 2.36. The number of non-ortho nitro benzene ring substituents is 1. The van der Waals surface area contributed by atoms with Gasteiger partial charge in [-0.25, -0.2) is 0 Å². The summed E-state index contributed by atoms with van der Waals surface area (Å²) in [4.78, 5) is 58.6. The molecule has 11 heteroatoms. The largest absolute Gasteiger partial charge is 0.455 e. The molecule has 0 unspecified atom stereocenters. The van der Waals surface area contributed by atoms with Crippen LogP contribution in [0.3, 0.4) is 0 Å². The molecule has 1 aliphatic heterocycles. The van der Waals surface area contributed by atoms with Crippen molar-refractivity contribution < 1.29 is 28.8 Å². The molecule has 2 N–H and O–H groups in total. The molecule has 2 aromatic rings. The molecule has 2 aromatic carbocycles. The van der Waals surface area contributed by atoms with Crippen LogP contribution in [0.2, 0.25) is 0 Å². The highest BCUT2D eigenvalue weighted by Crippen LogP contribution is 2.19. The Hall–Kier alpha value is -4.28. The highest BCUT2D eigenvalue weighted by atomic mass is 16.6. The van der Waals surface area contributed by atoms with Crippen LogP contribution in [-0.4, -0.2) is 46.8 Å². The van der Waals surface area contributed by atoms with Crippen molar-refractivity contribution in [3.63, 3.8) is 0 Å². The van der Waals surface area contributed by atoms with Gasteiger partial charge in [0.1, 0.15) is 0 Å². The standard InChI is InChI=1S/C20H18N4O7/c25-17(21-15-7-4-8-16(10-15)24(29)30)12-31-20(28)14-9-18(26)23(11-14)22-19(27)13-5-2-1-3-6-13/h1-8,10,14H,9,11-12H2,(H,21,25)(H,22,27)/t14-/m1/s1. The Bertz CT molecular complexity index is 1030. The minimum absolute atomic E-state index is 0.0806. The lowest BCUT2D eigenvalue weighted by Crippen LogP contribution is -2.43. The molecular weight excluding hydrogens is 408 g/mol. The molecule has 3 rings (SSSR count). The molecule has 1 saturated heterocycles. The zero-order chi connectivity index (χ0) is 22.4. The fourth-order valence-electron chi connectivity index (χ4n) is 2.90. The van der Waals surface area contributed by atoms with Crippen LogP contribution in [0.15, 0.2) is 54.6 Å². The Balaban J connectivity index is 1.48. The van der Waals surface area contributed by atoms with Crippen LogP contribution in [0.25, 0.3) is 0 Å². The minimum Gasteiger partial charge on any atom is -0.455 e. The van der Waals surface area contributed by atoms with Crippen molar-refractivity contribution in [2.45, 2.75) is 6.42 Å². The molecular formula is C20H18N4O7. The number of carbonyl (C=O) groups is 4. The zero-order valence-corrected chi connectivity index (χ0v) is 16.1. The number of hydrogen-bond acceptors (Lipinski definition) is 7. The van der Waals surface area contributed by atoms with E-state index in [-0.39, 0.29) is 24.3 Å². The molecule has 0 bridgehead atoms. The maximum Gasteiger partial charge on any atom is 0.311 e. The molecule has 0 radical (unpaired) electrons. The molecule has 0 saturated carbocycles. The number of nitro benzene ring substituents is 1. The maximum absolute atomic E-state index is 12.2. The van der Waals surface area contributed by atoms with Gasteiger partial charge in [0, 0.05) is 29.8 Å². The average molecular weight is 426 g/mol. The van der Waals surface area contributed by atoms with Crippen LogP contribution in [0, 0.1) is 16.0 Å². The molecule has 1 fully saturated rings. The van der Waals surface area contributed by atoms with Crippen molar-refractivity contribution >= 4 is 35.1 Å². The van der Waals surface area contributed by atoms with Crippen molar-refractivity contribution in [2.24, 2.45) is 5.92 Å². The Labute approximate surface area is 176 Å². The summed E-state index contributed by atoms with van der Waals surface area (Å²) < 4.78 is 4.95. The first-order valence-corrected chi connectivity index (χ1v) is 9.21. The predicted octanol–water partition coefficient (Wildman–Crippen LogP) is 1.27. The van der Waals surface area contributed by atoms with E-state index in [1.54, 1.807) is 30.3 Å². The molecule has 3 amide bonds. The topological polar surface area (TPSA) is 148 Å². The van der Waals surface area contributed by atoms with Crippen LogP contribution in [0.1, 0.15) is 16.8 Å². The average Bonchev–Trinajstić information content (AvgIpc) is 3.13. The second-order valence-electron chi connectivity index (χ2n) is 6.68. The van der Waals surface area contributed by atoms with Crippen molar-refractivity contribution in [3.05, 3.63) is 70.3 Å². The molecule has 1 atom stereocenters. The van der Waals surface area contributed by atoms with Gasteiger partial charge in [0.15, 0.2) is 6.61 Å². The zero-order valence-electron chi connectivity index (χ0n) is 16.1. The summed E-state index contributed by atoms with van der Waals surface area (Å²) in [6.07, 6.45) is -0.166. The number of anilines is 1. The number of esters is 1. The number of amides is 3. The molecule has 1 aliphatic rings. The highest BCUT2D eigenvalue weighted by molar-refractivity contribution is 5.97. The number of nitrogens with one attached hydrogen (secondary N) is 2. The van der Waals surface area contributed by atoms with Gasteiger partial charge in [-0.15, -0.1) is 0 Å². The van der Waals surface area contributed by atoms with Crippen LogP contribution in [0.5, 0.6) is 0 Å². The summed E-state index contributed by atoms with van der Waals surface area (Å²) in [7, 11) is 0. The van der Waals surface area contributed by atoms with Crippen LogP contribution in [0.4, 0.5) is 11.4 Å². The lowest BCUT2D eigenvalue weighted by atomic mass is 10.1. The van der Waals surface area contributed by atoms with Gasteiger partial charge >= 0.3 is 5.97 Å². The molecule has 0 aliphatic carbocycles. The third kappa shape index (κ3) is 5.63. The van der Waals surface area contributed by atoms with Crippen LogP contribution >= 0.6 is 0 Å². The number of benzene rings is 2. The van der Waals surface area contributed by atoms with Gasteiger partial charge in [-0.1, -0.05) is 24.3 Å².